The molecule has 0 unspecified atom stereocenters. The first kappa shape index (κ1) is 16.4. The second kappa shape index (κ2) is 8.30. The van der Waals surface area contributed by atoms with Gasteiger partial charge in [-0.05, 0) is 0 Å². The van der Waals surface area contributed by atoms with Crippen molar-refractivity contribution in [2.24, 2.45) is 0 Å². The second-order valence-electron chi connectivity index (χ2n) is 1.65. The first-order chi connectivity index (χ1) is 5.91. The van der Waals surface area contributed by atoms with Crippen molar-refractivity contribution in [3.8, 4) is 0 Å². The molecular weight excluding hydrogens is 239 g/mol. The Labute approximate surface area is 110 Å². The summed E-state index contributed by atoms with van der Waals surface area (Å²) in [5.41, 5.74) is 15.4. The molecule has 0 aliphatic heterocycles. The van der Waals surface area contributed by atoms with Gasteiger partial charge in [0.05, 0.1) is 0 Å². The average Bonchev–Trinajstić information content (AvgIpc) is 1.80. The number of anilines is 3. The molecule has 0 aliphatic carbocycles. The van der Waals surface area contributed by atoms with Crippen LogP contribution in [0.25, 0.3) is 0 Å². The number of hydrogen-bond acceptors (Lipinski definition) is 9. The van der Waals surface area contributed by atoms with Gasteiger partial charge in [0, 0.05) is 0 Å². The van der Waals surface area contributed by atoms with Crippen molar-refractivity contribution in [2.75, 3.05) is 17.2 Å². The van der Waals surface area contributed by atoms with E-state index < -0.39 is 8.60 Å². The summed E-state index contributed by atoms with van der Waals surface area (Å²) in [6.07, 6.45) is 0. The van der Waals surface area contributed by atoms with Crippen LogP contribution in [0.5, 0.6) is 0 Å². The van der Waals surface area contributed by atoms with Gasteiger partial charge in [0.1, 0.15) is 0 Å². The molecule has 11 heteroatoms. The third-order valence-corrected chi connectivity index (χ3v) is 0.687. The van der Waals surface area contributed by atoms with E-state index >= 15 is 0 Å². The van der Waals surface area contributed by atoms with Gasteiger partial charge in [0.15, 0.2) is 0 Å². The summed E-state index contributed by atoms with van der Waals surface area (Å²) in [7, 11) is -3.12. The van der Waals surface area contributed by atoms with Crippen molar-refractivity contribution in [1.29, 1.82) is 0 Å². The number of rotatable bonds is 0. The van der Waals surface area contributed by atoms with E-state index in [2.05, 4.69) is 15.0 Å². The van der Waals surface area contributed by atoms with Crippen molar-refractivity contribution in [1.82, 2.24) is 15.0 Å². The molecule has 1 aromatic heterocycles. The maximum atomic E-state index is 8.59. The van der Waals surface area contributed by atoms with E-state index in [1.807, 2.05) is 0 Å². The van der Waals surface area contributed by atoms with Crippen molar-refractivity contribution < 1.29 is 14.7 Å². The molecule has 1 rings (SSSR count). The fourth-order valence-electron chi connectivity index (χ4n) is 0.427. The van der Waals surface area contributed by atoms with Gasteiger partial charge in [-0.15, -0.1) is 0 Å². The van der Waals surface area contributed by atoms with Gasteiger partial charge in [0.2, 0.25) is 17.8 Å². The smallest absolute Gasteiger partial charge is 0.820 e. The molecule has 74 valence electrons. The summed E-state index contributed by atoms with van der Waals surface area (Å²) < 4.78 is 0. The first-order valence-corrected chi connectivity index (χ1v) is 3.90. The predicted octanol–water partition coefficient (Wildman–Crippen LogP) is -3.84. The van der Waals surface area contributed by atoms with E-state index in [1.165, 1.54) is 0 Å². The Hall–Kier alpha value is -0.0203. The Morgan fingerprint density at radius 1 is 0.929 bits per heavy atom. The van der Waals surface area contributed by atoms with Crippen LogP contribution in [0.2, 0.25) is 0 Å². The summed E-state index contributed by atoms with van der Waals surface area (Å²) in [5, 5.41) is 0. The van der Waals surface area contributed by atoms with Crippen LogP contribution >= 0.6 is 8.60 Å². The van der Waals surface area contributed by atoms with E-state index in [4.69, 9.17) is 31.9 Å². The molecule has 0 amide bonds. The van der Waals surface area contributed by atoms with Crippen LogP contribution in [0.3, 0.4) is 0 Å². The molecule has 0 radical (unpaired) electrons. The molecule has 9 nitrogen and oxygen atoms in total. The molecular formula is C3H7CaN6O3P. The zero-order valence-corrected chi connectivity index (χ0v) is 10.1. The van der Waals surface area contributed by atoms with Gasteiger partial charge in [-0.25, -0.2) is 0 Å². The van der Waals surface area contributed by atoms with Crippen LogP contribution < -0.4 is 27.0 Å². The number of aromatic nitrogens is 3. The van der Waals surface area contributed by atoms with Gasteiger partial charge >= 0.3 is 37.7 Å². The molecule has 0 spiro atoms. The number of nitrogen functional groups attached to an aromatic ring is 3. The maximum Gasteiger partial charge on any atom is 2.00 e. The van der Waals surface area contributed by atoms with Gasteiger partial charge in [0.25, 0.3) is 0 Å². The fourth-order valence-corrected chi connectivity index (χ4v) is 0.427. The van der Waals surface area contributed by atoms with Gasteiger partial charge < -0.3 is 31.9 Å². The van der Waals surface area contributed by atoms with E-state index in [9.17, 15) is 0 Å². The van der Waals surface area contributed by atoms with Gasteiger partial charge in [-0.3, -0.25) is 0 Å². The van der Waals surface area contributed by atoms with Crippen LogP contribution in [-0.4, -0.2) is 57.6 Å². The number of nitrogens with two attached hydrogens (primary N) is 3. The standard InChI is InChI=1S/C3H6N6.Ca.HO3P/c4-1-7-2(5)9-3(6)8-1;;1-4(2)3/h(H6,4,5,6,7,8,9);;1H/q;+2;-2. The Morgan fingerprint density at radius 2 is 1.07 bits per heavy atom. The fraction of sp³-hybridized carbons (Fsp3) is 0. The molecule has 1 heterocycles. The minimum Gasteiger partial charge on any atom is -0.820 e. The molecule has 1 aromatic rings. The molecule has 0 aromatic carbocycles. The Balaban J connectivity index is 0. The molecule has 0 aliphatic rings. The summed E-state index contributed by atoms with van der Waals surface area (Å²) >= 11 is 0. The van der Waals surface area contributed by atoms with Crippen LogP contribution in [0.1, 0.15) is 0 Å². The Morgan fingerprint density at radius 3 is 1.21 bits per heavy atom. The maximum absolute atomic E-state index is 8.59. The van der Waals surface area contributed by atoms with E-state index in [0.29, 0.717) is 0 Å². The Kier molecular flexibility index (Phi) is 9.73. The minimum absolute atomic E-state index is 0. The molecule has 0 saturated heterocycles. The Bertz CT molecular complexity index is 221. The SMILES string of the molecule is Nc1nc(N)nc(N)n1.[Ca+2].[O-]P([O-])O. The quantitative estimate of drug-likeness (QED) is 0.263. The summed E-state index contributed by atoms with van der Waals surface area (Å²) in [6.45, 7) is 0. The van der Waals surface area contributed by atoms with Crippen molar-refractivity contribution >= 4 is 64.2 Å². The van der Waals surface area contributed by atoms with Crippen LogP contribution in [-0.2, 0) is 0 Å². The normalized spacial score (nSPS) is 8.57. The topological polar surface area (TPSA) is 183 Å². The van der Waals surface area contributed by atoms with E-state index in [-0.39, 0.29) is 55.6 Å². The average molecular weight is 246 g/mol. The van der Waals surface area contributed by atoms with Gasteiger partial charge in [-0.1, -0.05) is 0 Å². The monoisotopic (exact) mass is 246 g/mol. The van der Waals surface area contributed by atoms with Crippen molar-refractivity contribution in [3.63, 3.8) is 0 Å². The van der Waals surface area contributed by atoms with Crippen LogP contribution in [0, 0.1) is 0 Å². The van der Waals surface area contributed by atoms with Crippen LogP contribution in [0.15, 0.2) is 0 Å². The molecule has 7 N–H and O–H groups in total. The summed E-state index contributed by atoms with van der Waals surface area (Å²) in [4.78, 5) is 34.7. The molecule has 0 bridgehead atoms. The van der Waals surface area contributed by atoms with Crippen molar-refractivity contribution in [3.05, 3.63) is 0 Å². The summed E-state index contributed by atoms with van der Waals surface area (Å²) in [6, 6.07) is 0. The number of nitrogens with zero attached hydrogens (tertiary/aromatic N) is 3. The molecule has 0 saturated carbocycles. The first-order valence-electron chi connectivity index (χ1n) is 2.77. The largest absolute Gasteiger partial charge is 2.00 e. The second-order valence-corrected chi connectivity index (χ2v) is 2.12. The summed E-state index contributed by atoms with van der Waals surface area (Å²) in [5.74, 6) is 0.125. The third kappa shape index (κ3) is 10.1. The molecule has 0 atom stereocenters. The van der Waals surface area contributed by atoms with Gasteiger partial charge in [-0.2, -0.15) is 23.6 Å². The van der Waals surface area contributed by atoms with E-state index in [1.54, 1.807) is 0 Å². The zero-order chi connectivity index (χ0) is 10.4. The molecule has 0 fully saturated rings. The predicted molar refractivity (Wildman–Crippen MR) is 48.0 cm³/mol. The zero-order valence-electron chi connectivity index (χ0n) is 6.99. The third-order valence-electron chi connectivity index (χ3n) is 0.687. The van der Waals surface area contributed by atoms with E-state index in [0.717, 1.165) is 0 Å². The minimum atomic E-state index is -3.12. The molecule has 14 heavy (non-hydrogen) atoms. The van der Waals surface area contributed by atoms with Crippen LogP contribution in [0.4, 0.5) is 17.8 Å². The number of hydrogen-bond donors (Lipinski definition) is 4. The van der Waals surface area contributed by atoms with Crippen molar-refractivity contribution in [2.45, 2.75) is 0 Å².